The minimum Gasteiger partial charge on any atom is -0.481 e. The Hall–Kier alpha value is -1.32. The number of carboxylic acid groups (broad SMARTS) is 1. The number of carbonyl (C=O) groups is 1. The van der Waals surface area contributed by atoms with E-state index in [4.69, 9.17) is 5.11 Å². The van der Waals surface area contributed by atoms with E-state index in [0.717, 1.165) is 5.56 Å². The molecule has 0 aromatic carbocycles. The Labute approximate surface area is 64.5 Å². The van der Waals surface area contributed by atoms with Gasteiger partial charge in [0.25, 0.3) is 0 Å². The summed E-state index contributed by atoms with van der Waals surface area (Å²) < 4.78 is 1.59. The SMILES string of the molecule is CC(C(=O)O)c1cnn(C)c1. The zero-order chi connectivity index (χ0) is 8.43. The Morgan fingerprint density at radius 2 is 2.45 bits per heavy atom. The van der Waals surface area contributed by atoms with Crippen LogP contribution in [0, 0.1) is 0 Å². The Bertz CT molecular complexity index is 267. The lowest BCUT2D eigenvalue weighted by Crippen LogP contribution is -2.06. The first-order chi connectivity index (χ1) is 5.11. The van der Waals surface area contributed by atoms with Gasteiger partial charge in [-0.2, -0.15) is 5.10 Å². The first-order valence-electron chi connectivity index (χ1n) is 3.32. The van der Waals surface area contributed by atoms with E-state index in [-0.39, 0.29) is 0 Å². The van der Waals surface area contributed by atoms with Crippen molar-refractivity contribution in [3.8, 4) is 0 Å². The highest BCUT2D eigenvalue weighted by molar-refractivity contribution is 5.75. The van der Waals surface area contributed by atoms with E-state index >= 15 is 0 Å². The second kappa shape index (κ2) is 2.74. The number of carboxylic acids is 1. The molecule has 0 aliphatic heterocycles. The minimum absolute atomic E-state index is 0.469. The van der Waals surface area contributed by atoms with Crippen LogP contribution in [0.15, 0.2) is 12.4 Å². The van der Waals surface area contributed by atoms with Crippen LogP contribution in [0.1, 0.15) is 18.4 Å². The average molecular weight is 154 g/mol. The standard InChI is InChI=1S/C7H10N2O2/c1-5(7(10)11)6-3-8-9(2)4-6/h3-5H,1-2H3,(H,10,11). The molecule has 4 heteroatoms. The highest BCUT2D eigenvalue weighted by atomic mass is 16.4. The van der Waals surface area contributed by atoms with Gasteiger partial charge in [0.05, 0.1) is 12.1 Å². The molecule has 0 amide bonds. The second-order valence-corrected chi connectivity index (χ2v) is 2.51. The summed E-state index contributed by atoms with van der Waals surface area (Å²) in [6, 6.07) is 0. The molecule has 0 saturated heterocycles. The van der Waals surface area contributed by atoms with E-state index in [0.29, 0.717) is 0 Å². The van der Waals surface area contributed by atoms with Gasteiger partial charge < -0.3 is 5.11 Å². The quantitative estimate of drug-likeness (QED) is 0.679. The number of aliphatic carboxylic acids is 1. The van der Waals surface area contributed by atoms with Crippen LogP contribution in [0.2, 0.25) is 0 Å². The predicted octanol–water partition coefficient (Wildman–Crippen LogP) is 0.608. The predicted molar refractivity (Wildman–Crippen MR) is 39.3 cm³/mol. The molecule has 1 rings (SSSR count). The highest BCUT2D eigenvalue weighted by Crippen LogP contribution is 2.12. The highest BCUT2D eigenvalue weighted by Gasteiger charge is 2.14. The molecule has 11 heavy (non-hydrogen) atoms. The number of hydrogen-bond acceptors (Lipinski definition) is 2. The van der Waals surface area contributed by atoms with Crippen LogP contribution in [0.4, 0.5) is 0 Å². The van der Waals surface area contributed by atoms with Crippen molar-refractivity contribution in [2.75, 3.05) is 0 Å². The molecule has 0 radical (unpaired) electrons. The summed E-state index contributed by atoms with van der Waals surface area (Å²) in [5, 5.41) is 12.5. The fourth-order valence-corrected chi connectivity index (χ4v) is 0.806. The summed E-state index contributed by atoms with van der Waals surface area (Å²) in [4.78, 5) is 10.5. The lowest BCUT2D eigenvalue weighted by molar-refractivity contribution is -0.138. The summed E-state index contributed by atoms with van der Waals surface area (Å²) in [5.74, 6) is -1.29. The Morgan fingerprint density at radius 1 is 1.82 bits per heavy atom. The molecule has 0 bridgehead atoms. The number of aromatic nitrogens is 2. The summed E-state index contributed by atoms with van der Waals surface area (Å²) in [5.41, 5.74) is 0.736. The molecule has 1 atom stereocenters. The molecule has 1 N–H and O–H groups in total. The molecule has 1 aromatic rings. The number of aryl methyl sites for hydroxylation is 1. The normalized spacial score (nSPS) is 12.9. The van der Waals surface area contributed by atoms with Gasteiger partial charge in [-0.05, 0) is 6.92 Å². The van der Waals surface area contributed by atoms with Crippen molar-refractivity contribution in [1.82, 2.24) is 9.78 Å². The van der Waals surface area contributed by atoms with E-state index in [2.05, 4.69) is 5.10 Å². The summed E-state index contributed by atoms with van der Waals surface area (Å²) in [6.07, 6.45) is 3.28. The van der Waals surface area contributed by atoms with Gasteiger partial charge in [0, 0.05) is 18.8 Å². The number of rotatable bonds is 2. The monoisotopic (exact) mass is 154 g/mol. The van der Waals surface area contributed by atoms with Gasteiger partial charge in [0.1, 0.15) is 0 Å². The van der Waals surface area contributed by atoms with Crippen LogP contribution in [0.3, 0.4) is 0 Å². The van der Waals surface area contributed by atoms with Crippen molar-refractivity contribution < 1.29 is 9.90 Å². The van der Waals surface area contributed by atoms with E-state index in [1.807, 2.05) is 0 Å². The fourth-order valence-electron chi connectivity index (χ4n) is 0.806. The van der Waals surface area contributed by atoms with Crippen LogP contribution in [0.25, 0.3) is 0 Å². The summed E-state index contributed by atoms with van der Waals surface area (Å²) in [6.45, 7) is 1.64. The third kappa shape index (κ3) is 1.58. The van der Waals surface area contributed by atoms with Crippen molar-refractivity contribution in [2.24, 2.45) is 7.05 Å². The molecule has 0 spiro atoms. The molecule has 1 aromatic heterocycles. The van der Waals surface area contributed by atoms with Crippen LogP contribution < -0.4 is 0 Å². The van der Waals surface area contributed by atoms with Gasteiger partial charge in [0.2, 0.25) is 0 Å². The van der Waals surface area contributed by atoms with Crippen molar-refractivity contribution >= 4 is 5.97 Å². The van der Waals surface area contributed by atoms with Crippen molar-refractivity contribution in [3.05, 3.63) is 18.0 Å². The van der Waals surface area contributed by atoms with Crippen LogP contribution >= 0.6 is 0 Å². The van der Waals surface area contributed by atoms with Gasteiger partial charge in [-0.15, -0.1) is 0 Å². The third-order valence-electron chi connectivity index (χ3n) is 1.60. The zero-order valence-corrected chi connectivity index (χ0v) is 6.48. The molecular formula is C7H10N2O2. The molecule has 0 saturated carbocycles. The minimum atomic E-state index is -0.821. The maximum absolute atomic E-state index is 10.5. The van der Waals surface area contributed by atoms with Gasteiger partial charge >= 0.3 is 5.97 Å². The van der Waals surface area contributed by atoms with Gasteiger partial charge in [0.15, 0.2) is 0 Å². The van der Waals surface area contributed by atoms with Crippen molar-refractivity contribution in [2.45, 2.75) is 12.8 Å². The van der Waals surface area contributed by atoms with Gasteiger partial charge in [-0.25, -0.2) is 0 Å². The van der Waals surface area contributed by atoms with Crippen LogP contribution in [-0.4, -0.2) is 20.9 Å². The van der Waals surface area contributed by atoms with Gasteiger partial charge in [-0.3, -0.25) is 9.48 Å². The largest absolute Gasteiger partial charge is 0.481 e. The molecule has 4 nitrogen and oxygen atoms in total. The van der Waals surface area contributed by atoms with Crippen molar-refractivity contribution in [3.63, 3.8) is 0 Å². The Morgan fingerprint density at radius 3 is 2.82 bits per heavy atom. The summed E-state index contributed by atoms with van der Waals surface area (Å²) >= 11 is 0. The first-order valence-corrected chi connectivity index (χ1v) is 3.32. The van der Waals surface area contributed by atoms with Crippen LogP contribution in [0.5, 0.6) is 0 Å². The lowest BCUT2D eigenvalue weighted by atomic mass is 10.1. The smallest absolute Gasteiger partial charge is 0.310 e. The number of nitrogens with zero attached hydrogens (tertiary/aromatic N) is 2. The van der Waals surface area contributed by atoms with E-state index in [1.54, 1.807) is 31.0 Å². The van der Waals surface area contributed by atoms with E-state index in [9.17, 15) is 4.79 Å². The zero-order valence-electron chi connectivity index (χ0n) is 6.48. The molecular weight excluding hydrogens is 144 g/mol. The van der Waals surface area contributed by atoms with Crippen molar-refractivity contribution in [1.29, 1.82) is 0 Å². The topological polar surface area (TPSA) is 55.1 Å². The molecule has 1 heterocycles. The molecule has 0 aliphatic rings. The molecule has 1 unspecified atom stereocenters. The maximum Gasteiger partial charge on any atom is 0.310 e. The van der Waals surface area contributed by atoms with Crippen LogP contribution in [-0.2, 0) is 11.8 Å². The molecule has 0 fully saturated rings. The maximum atomic E-state index is 10.5. The second-order valence-electron chi connectivity index (χ2n) is 2.51. The Kier molecular flexibility index (Phi) is 1.94. The molecule has 0 aliphatic carbocycles. The average Bonchev–Trinajstić information content (AvgIpc) is 2.34. The summed E-state index contributed by atoms with van der Waals surface area (Å²) in [7, 11) is 1.76. The number of hydrogen-bond donors (Lipinski definition) is 1. The van der Waals surface area contributed by atoms with E-state index in [1.165, 1.54) is 0 Å². The third-order valence-corrected chi connectivity index (χ3v) is 1.60. The fraction of sp³-hybridized carbons (Fsp3) is 0.429. The lowest BCUT2D eigenvalue weighted by Gasteiger charge is -1.99. The Balaban J connectivity index is 2.84. The van der Waals surface area contributed by atoms with Gasteiger partial charge in [-0.1, -0.05) is 0 Å². The molecule has 60 valence electrons. The van der Waals surface area contributed by atoms with E-state index < -0.39 is 11.9 Å². The first kappa shape index (κ1) is 7.78.